The zero-order valence-corrected chi connectivity index (χ0v) is 10.8. The number of carbonyl (C=O) groups is 1. The zero-order chi connectivity index (χ0) is 12.6. The predicted molar refractivity (Wildman–Crippen MR) is 66.0 cm³/mol. The molecule has 0 aliphatic heterocycles. The van der Waals surface area contributed by atoms with E-state index >= 15 is 0 Å². The molecule has 1 aromatic carbocycles. The lowest BCUT2D eigenvalue weighted by molar-refractivity contribution is 0.0909. The van der Waals surface area contributed by atoms with Gasteiger partial charge in [0.2, 0.25) is 0 Å². The molecule has 0 amide bonds. The highest BCUT2D eigenvalue weighted by Gasteiger charge is 2.46. The Morgan fingerprint density at radius 1 is 1.24 bits per heavy atom. The van der Waals surface area contributed by atoms with E-state index in [1.165, 1.54) is 0 Å². The van der Waals surface area contributed by atoms with Crippen molar-refractivity contribution >= 4 is 5.78 Å². The third kappa shape index (κ3) is 1.90. The van der Waals surface area contributed by atoms with Crippen LogP contribution < -0.4 is 9.47 Å². The summed E-state index contributed by atoms with van der Waals surface area (Å²) in [5.41, 5.74) is 1.38. The Hall–Kier alpha value is -1.51. The van der Waals surface area contributed by atoms with Crippen LogP contribution in [0.25, 0.3) is 0 Å². The first kappa shape index (κ1) is 12.0. The number of carbonyl (C=O) groups excluding carboxylic acids is 1. The first-order chi connectivity index (χ1) is 8.03. The molecule has 1 fully saturated rings. The van der Waals surface area contributed by atoms with E-state index in [1.807, 2.05) is 19.9 Å². The van der Waals surface area contributed by atoms with Crippen molar-refractivity contribution in [1.82, 2.24) is 0 Å². The average Bonchev–Trinajstić information content (AvgIpc) is 3.07. The molecule has 2 rings (SSSR count). The molecular weight excluding hydrogens is 216 g/mol. The van der Waals surface area contributed by atoms with E-state index in [0.29, 0.717) is 11.3 Å². The van der Waals surface area contributed by atoms with Crippen LogP contribution >= 0.6 is 0 Å². The van der Waals surface area contributed by atoms with Gasteiger partial charge in [-0.1, -0.05) is 6.92 Å². The highest BCUT2D eigenvalue weighted by molar-refractivity contribution is 6.04. The van der Waals surface area contributed by atoms with Crippen LogP contribution in [0.5, 0.6) is 11.5 Å². The summed E-state index contributed by atoms with van der Waals surface area (Å²) in [5, 5.41) is 0. The zero-order valence-electron chi connectivity index (χ0n) is 10.8. The second-order valence-electron chi connectivity index (χ2n) is 4.86. The molecule has 1 aliphatic rings. The summed E-state index contributed by atoms with van der Waals surface area (Å²) in [6.07, 6.45) is 1.94. The van der Waals surface area contributed by atoms with Gasteiger partial charge in [0.25, 0.3) is 0 Å². The minimum atomic E-state index is -0.172. The molecule has 0 unspecified atom stereocenters. The maximum Gasteiger partial charge on any atom is 0.172 e. The lowest BCUT2D eigenvalue weighted by Gasteiger charge is -2.15. The van der Waals surface area contributed by atoms with Crippen LogP contribution in [0.1, 0.15) is 35.7 Å². The quantitative estimate of drug-likeness (QED) is 0.751. The van der Waals surface area contributed by atoms with Gasteiger partial charge >= 0.3 is 0 Å². The molecule has 0 spiro atoms. The number of ketones is 1. The van der Waals surface area contributed by atoms with E-state index in [0.717, 1.165) is 24.2 Å². The summed E-state index contributed by atoms with van der Waals surface area (Å²) in [6.45, 7) is 3.91. The monoisotopic (exact) mass is 234 g/mol. The first-order valence-corrected chi connectivity index (χ1v) is 5.80. The summed E-state index contributed by atoms with van der Waals surface area (Å²) in [5.74, 6) is 1.57. The SMILES string of the molecule is COc1ccc(C(=O)C2(C)CC2)c(OC)c1C. The van der Waals surface area contributed by atoms with E-state index in [4.69, 9.17) is 9.47 Å². The molecule has 1 aliphatic carbocycles. The summed E-state index contributed by atoms with van der Waals surface area (Å²) in [7, 11) is 3.21. The number of Topliss-reactive ketones (excluding diaryl/α,β-unsaturated/α-hetero) is 1. The fraction of sp³-hybridized carbons (Fsp3) is 0.500. The summed E-state index contributed by atoms with van der Waals surface area (Å²) >= 11 is 0. The van der Waals surface area contributed by atoms with Crippen molar-refractivity contribution in [2.45, 2.75) is 26.7 Å². The van der Waals surface area contributed by atoms with Crippen molar-refractivity contribution in [3.8, 4) is 11.5 Å². The second kappa shape index (κ2) is 4.06. The smallest absolute Gasteiger partial charge is 0.172 e. The van der Waals surface area contributed by atoms with Crippen LogP contribution in [0.4, 0.5) is 0 Å². The van der Waals surface area contributed by atoms with Gasteiger partial charge < -0.3 is 9.47 Å². The summed E-state index contributed by atoms with van der Waals surface area (Å²) in [4.78, 5) is 12.3. The molecule has 1 aromatic rings. The van der Waals surface area contributed by atoms with Crippen LogP contribution in [0.3, 0.4) is 0 Å². The standard InChI is InChI=1S/C14H18O3/c1-9-11(16-3)6-5-10(12(9)17-4)13(15)14(2)7-8-14/h5-6H,7-8H2,1-4H3. The minimum absolute atomic E-state index is 0.172. The van der Waals surface area contributed by atoms with Crippen molar-refractivity contribution in [2.24, 2.45) is 5.41 Å². The number of methoxy groups -OCH3 is 2. The molecule has 92 valence electrons. The van der Waals surface area contributed by atoms with Gasteiger partial charge in [0.15, 0.2) is 5.78 Å². The molecule has 0 aromatic heterocycles. The van der Waals surface area contributed by atoms with Gasteiger partial charge in [-0.25, -0.2) is 0 Å². The minimum Gasteiger partial charge on any atom is -0.496 e. The van der Waals surface area contributed by atoms with E-state index in [-0.39, 0.29) is 11.2 Å². The fourth-order valence-electron chi connectivity index (χ4n) is 2.08. The second-order valence-corrected chi connectivity index (χ2v) is 4.86. The highest BCUT2D eigenvalue weighted by atomic mass is 16.5. The third-order valence-electron chi connectivity index (χ3n) is 3.57. The Morgan fingerprint density at radius 2 is 1.88 bits per heavy atom. The lowest BCUT2D eigenvalue weighted by Crippen LogP contribution is -2.14. The maximum atomic E-state index is 12.3. The Balaban J connectivity index is 2.47. The largest absolute Gasteiger partial charge is 0.496 e. The van der Waals surface area contributed by atoms with Crippen LogP contribution in [0, 0.1) is 12.3 Å². The van der Waals surface area contributed by atoms with Crippen LogP contribution in [-0.4, -0.2) is 20.0 Å². The van der Waals surface area contributed by atoms with Crippen molar-refractivity contribution in [3.05, 3.63) is 23.3 Å². The number of hydrogen-bond acceptors (Lipinski definition) is 3. The van der Waals surface area contributed by atoms with Crippen molar-refractivity contribution < 1.29 is 14.3 Å². The lowest BCUT2D eigenvalue weighted by atomic mass is 9.94. The third-order valence-corrected chi connectivity index (χ3v) is 3.57. The van der Waals surface area contributed by atoms with Gasteiger partial charge in [-0.05, 0) is 31.9 Å². The molecule has 3 nitrogen and oxygen atoms in total. The molecule has 0 bridgehead atoms. The summed E-state index contributed by atoms with van der Waals surface area (Å²) < 4.78 is 10.6. The topological polar surface area (TPSA) is 35.5 Å². The van der Waals surface area contributed by atoms with Gasteiger partial charge in [0.1, 0.15) is 11.5 Å². The normalized spacial score (nSPS) is 16.5. The van der Waals surface area contributed by atoms with Crippen LogP contribution in [0.2, 0.25) is 0 Å². The maximum absolute atomic E-state index is 12.3. The molecule has 0 radical (unpaired) electrons. The molecule has 0 heterocycles. The van der Waals surface area contributed by atoms with E-state index in [1.54, 1.807) is 20.3 Å². The molecule has 0 saturated heterocycles. The Kier molecular flexibility index (Phi) is 2.86. The predicted octanol–water partition coefficient (Wildman–Crippen LogP) is 3.00. The van der Waals surface area contributed by atoms with E-state index < -0.39 is 0 Å². The van der Waals surface area contributed by atoms with E-state index in [9.17, 15) is 4.79 Å². The first-order valence-electron chi connectivity index (χ1n) is 5.80. The van der Waals surface area contributed by atoms with Gasteiger partial charge in [-0.2, -0.15) is 0 Å². The highest BCUT2D eigenvalue weighted by Crippen LogP contribution is 2.49. The number of rotatable bonds is 4. The molecular formula is C14H18O3. The van der Waals surface area contributed by atoms with Crippen LogP contribution in [0.15, 0.2) is 12.1 Å². The summed E-state index contributed by atoms with van der Waals surface area (Å²) in [6, 6.07) is 3.63. The molecule has 17 heavy (non-hydrogen) atoms. The van der Waals surface area contributed by atoms with Crippen molar-refractivity contribution in [2.75, 3.05) is 14.2 Å². The average molecular weight is 234 g/mol. The molecule has 1 saturated carbocycles. The van der Waals surface area contributed by atoms with Crippen molar-refractivity contribution in [1.29, 1.82) is 0 Å². The Labute approximate surface area is 102 Å². The Bertz CT molecular complexity index is 459. The number of benzene rings is 1. The fourth-order valence-corrected chi connectivity index (χ4v) is 2.08. The van der Waals surface area contributed by atoms with Crippen LogP contribution in [-0.2, 0) is 0 Å². The number of hydrogen-bond donors (Lipinski definition) is 0. The van der Waals surface area contributed by atoms with Crippen molar-refractivity contribution in [3.63, 3.8) is 0 Å². The van der Waals surface area contributed by atoms with Gasteiger partial charge in [-0.15, -0.1) is 0 Å². The molecule has 0 N–H and O–H groups in total. The number of ether oxygens (including phenoxy) is 2. The Morgan fingerprint density at radius 3 is 2.35 bits per heavy atom. The molecule has 3 heteroatoms. The van der Waals surface area contributed by atoms with Gasteiger partial charge in [-0.3, -0.25) is 4.79 Å². The van der Waals surface area contributed by atoms with E-state index in [2.05, 4.69) is 0 Å². The van der Waals surface area contributed by atoms with Gasteiger partial charge in [0.05, 0.1) is 19.8 Å². The van der Waals surface area contributed by atoms with Gasteiger partial charge in [0, 0.05) is 11.0 Å². The molecule has 0 atom stereocenters.